The van der Waals surface area contributed by atoms with Crippen molar-refractivity contribution in [2.75, 3.05) is 13.2 Å². The average molecular weight is 430 g/mol. The third kappa shape index (κ3) is 5.91. The van der Waals surface area contributed by atoms with Crippen LogP contribution >= 0.6 is 0 Å². The lowest BCUT2D eigenvalue weighted by molar-refractivity contribution is -0.145. The van der Waals surface area contributed by atoms with Crippen LogP contribution in [0.1, 0.15) is 19.2 Å². The molecule has 0 aliphatic carbocycles. The van der Waals surface area contributed by atoms with E-state index in [2.05, 4.69) is 9.71 Å². The van der Waals surface area contributed by atoms with Crippen molar-refractivity contribution >= 4 is 16.0 Å². The number of carbonyl (C=O) groups excluding carboxylic acids is 1. The second kappa shape index (κ2) is 10.0. The van der Waals surface area contributed by atoms with Crippen molar-refractivity contribution < 1.29 is 27.1 Å². The number of nitrogens with zero attached hydrogens (tertiary/aromatic N) is 1. The molecule has 0 spiro atoms. The van der Waals surface area contributed by atoms with E-state index in [-0.39, 0.29) is 30.4 Å². The highest BCUT2D eigenvalue weighted by atomic mass is 32.2. The molecule has 0 amide bonds. The summed E-state index contributed by atoms with van der Waals surface area (Å²) in [4.78, 5) is 16.1. The molecule has 0 atom stereocenters. The van der Waals surface area contributed by atoms with E-state index in [9.17, 15) is 13.2 Å². The quantitative estimate of drug-likeness (QED) is 0.492. The number of hydrogen-bond acceptors (Lipinski definition) is 7. The molecule has 0 unspecified atom stereocenters. The van der Waals surface area contributed by atoms with Gasteiger partial charge in [0, 0.05) is 12.1 Å². The minimum absolute atomic E-state index is 0.0881. The Kier molecular flexibility index (Phi) is 7.21. The second-order valence-corrected chi connectivity index (χ2v) is 7.96. The first-order valence-electron chi connectivity index (χ1n) is 9.36. The lowest BCUT2D eigenvalue weighted by Crippen LogP contribution is -2.26. The van der Waals surface area contributed by atoms with Crippen LogP contribution in [0.25, 0.3) is 11.3 Å². The molecule has 1 aromatic heterocycles. The standard InChI is InChI=1S/C21H22N2O6S/c1-2-27-17-8-10-18(11-9-17)30(25,26)23-13-12-21(24)28-15-20-22-14-19(29-20)16-6-4-3-5-7-16/h3-11,14,23H,2,12-13,15H2,1H3. The minimum atomic E-state index is -3.73. The number of oxazole rings is 1. The number of aromatic nitrogens is 1. The van der Waals surface area contributed by atoms with Gasteiger partial charge in [0.15, 0.2) is 12.4 Å². The first-order chi connectivity index (χ1) is 14.5. The predicted octanol–water partition coefficient (Wildman–Crippen LogP) is 3.15. The predicted molar refractivity (Wildman–Crippen MR) is 109 cm³/mol. The summed E-state index contributed by atoms with van der Waals surface area (Å²) in [5.74, 6) is 0.854. The van der Waals surface area contributed by atoms with Gasteiger partial charge in [-0.15, -0.1) is 0 Å². The van der Waals surface area contributed by atoms with Crippen LogP contribution in [0.2, 0.25) is 0 Å². The Bertz CT molecular complexity index is 1060. The van der Waals surface area contributed by atoms with Gasteiger partial charge in [-0.25, -0.2) is 18.1 Å². The fraction of sp³-hybridized carbons (Fsp3) is 0.238. The summed E-state index contributed by atoms with van der Waals surface area (Å²) in [6.45, 7) is 2.12. The molecular formula is C21H22N2O6S. The summed E-state index contributed by atoms with van der Waals surface area (Å²) in [7, 11) is -3.73. The molecule has 9 heteroatoms. The summed E-state index contributed by atoms with van der Waals surface area (Å²) >= 11 is 0. The van der Waals surface area contributed by atoms with Gasteiger partial charge in [-0.05, 0) is 31.2 Å². The van der Waals surface area contributed by atoms with Crippen molar-refractivity contribution in [3.63, 3.8) is 0 Å². The van der Waals surface area contributed by atoms with Crippen molar-refractivity contribution in [2.24, 2.45) is 0 Å². The molecular weight excluding hydrogens is 408 g/mol. The van der Waals surface area contributed by atoms with Gasteiger partial charge >= 0.3 is 5.97 Å². The smallest absolute Gasteiger partial charge is 0.307 e. The van der Waals surface area contributed by atoms with Crippen LogP contribution in [0.4, 0.5) is 0 Å². The number of esters is 1. The summed E-state index contributed by atoms with van der Waals surface area (Å²) in [6.07, 6.45) is 1.44. The van der Waals surface area contributed by atoms with Crippen molar-refractivity contribution in [3.05, 3.63) is 66.7 Å². The van der Waals surface area contributed by atoms with Gasteiger partial charge in [0.2, 0.25) is 15.9 Å². The first-order valence-corrected chi connectivity index (χ1v) is 10.8. The lowest BCUT2D eigenvalue weighted by atomic mass is 10.2. The monoisotopic (exact) mass is 430 g/mol. The number of carbonyl (C=O) groups is 1. The SMILES string of the molecule is CCOc1ccc(S(=O)(=O)NCCC(=O)OCc2ncc(-c3ccccc3)o2)cc1. The Morgan fingerprint density at radius 1 is 1.10 bits per heavy atom. The zero-order valence-electron chi connectivity index (χ0n) is 16.4. The van der Waals surface area contributed by atoms with E-state index in [1.165, 1.54) is 12.1 Å². The maximum atomic E-state index is 12.3. The molecule has 0 fully saturated rings. The Labute approximate surface area is 174 Å². The molecule has 1 N–H and O–H groups in total. The van der Waals surface area contributed by atoms with Crippen LogP contribution in [0.15, 0.2) is 70.1 Å². The molecule has 3 rings (SSSR count). The molecule has 0 saturated heterocycles. The Balaban J connectivity index is 1.44. The molecule has 3 aromatic rings. The van der Waals surface area contributed by atoms with Gasteiger partial charge in [-0.3, -0.25) is 4.79 Å². The summed E-state index contributed by atoms with van der Waals surface area (Å²) < 4.78 is 42.8. The first kappa shape index (κ1) is 21.5. The van der Waals surface area contributed by atoms with E-state index in [1.54, 1.807) is 18.3 Å². The molecule has 1 heterocycles. The number of ether oxygens (including phenoxy) is 2. The minimum Gasteiger partial charge on any atom is -0.494 e. The van der Waals surface area contributed by atoms with E-state index in [4.69, 9.17) is 13.9 Å². The number of benzene rings is 2. The van der Waals surface area contributed by atoms with Crippen LogP contribution in [-0.2, 0) is 26.2 Å². The highest BCUT2D eigenvalue weighted by molar-refractivity contribution is 7.89. The van der Waals surface area contributed by atoms with E-state index in [0.717, 1.165) is 5.56 Å². The third-order valence-electron chi connectivity index (χ3n) is 4.03. The zero-order valence-corrected chi connectivity index (χ0v) is 17.2. The molecule has 0 bridgehead atoms. The molecule has 8 nitrogen and oxygen atoms in total. The van der Waals surface area contributed by atoms with Gasteiger partial charge in [0.1, 0.15) is 5.75 Å². The second-order valence-electron chi connectivity index (χ2n) is 6.20. The topological polar surface area (TPSA) is 108 Å². The fourth-order valence-electron chi connectivity index (χ4n) is 2.58. The van der Waals surface area contributed by atoms with Crippen LogP contribution in [0, 0.1) is 0 Å². The van der Waals surface area contributed by atoms with Gasteiger partial charge < -0.3 is 13.9 Å². The van der Waals surface area contributed by atoms with Crippen LogP contribution in [0.5, 0.6) is 5.75 Å². The van der Waals surface area contributed by atoms with Crippen molar-refractivity contribution in [1.82, 2.24) is 9.71 Å². The summed E-state index contributed by atoms with van der Waals surface area (Å²) in [6, 6.07) is 15.5. The Morgan fingerprint density at radius 3 is 2.53 bits per heavy atom. The molecule has 30 heavy (non-hydrogen) atoms. The average Bonchev–Trinajstić information content (AvgIpc) is 3.23. The highest BCUT2D eigenvalue weighted by Gasteiger charge is 2.15. The van der Waals surface area contributed by atoms with Crippen molar-refractivity contribution in [2.45, 2.75) is 24.8 Å². The van der Waals surface area contributed by atoms with Crippen LogP contribution in [0.3, 0.4) is 0 Å². The van der Waals surface area contributed by atoms with Gasteiger partial charge in [0.25, 0.3) is 0 Å². The van der Waals surface area contributed by atoms with E-state index in [1.807, 2.05) is 37.3 Å². The number of rotatable bonds is 10. The zero-order chi connectivity index (χ0) is 21.4. The van der Waals surface area contributed by atoms with E-state index >= 15 is 0 Å². The van der Waals surface area contributed by atoms with E-state index in [0.29, 0.717) is 18.1 Å². The molecule has 0 saturated carbocycles. The van der Waals surface area contributed by atoms with Gasteiger partial charge in [-0.1, -0.05) is 30.3 Å². The molecule has 0 aliphatic heterocycles. The third-order valence-corrected chi connectivity index (χ3v) is 5.51. The summed E-state index contributed by atoms with van der Waals surface area (Å²) in [5, 5.41) is 0. The maximum Gasteiger partial charge on any atom is 0.307 e. The highest BCUT2D eigenvalue weighted by Crippen LogP contribution is 2.20. The Morgan fingerprint density at radius 2 is 1.83 bits per heavy atom. The van der Waals surface area contributed by atoms with Crippen molar-refractivity contribution in [3.8, 4) is 17.1 Å². The normalized spacial score (nSPS) is 11.2. The molecule has 158 valence electrons. The molecule has 0 aliphatic rings. The van der Waals surface area contributed by atoms with Crippen LogP contribution in [-0.4, -0.2) is 32.5 Å². The largest absolute Gasteiger partial charge is 0.494 e. The van der Waals surface area contributed by atoms with Crippen LogP contribution < -0.4 is 9.46 Å². The van der Waals surface area contributed by atoms with E-state index < -0.39 is 16.0 Å². The van der Waals surface area contributed by atoms with Gasteiger partial charge in [0.05, 0.1) is 24.1 Å². The van der Waals surface area contributed by atoms with Crippen molar-refractivity contribution in [1.29, 1.82) is 0 Å². The number of sulfonamides is 1. The molecule has 2 aromatic carbocycles. The maximum absolute atomic E-state index is 12.3. The number of nitrogens with one attached hydrogen (secondary N) is 1. The summed E-state index contributed by atoms with van der Waals surface area (Å²) in [5.41, 5.74) is 0.867. The number of hydrogen-bond donors (Lipinski definition) is 1. The van der Waals surface area contributed by atoms with Gasteiger partial charge in [-0.2, -0.15) is 0 Å². The molecule has 0 radical (unpaired) electrons. The Hall–Kier alpha value is -3.17. The fourth-order valence-corrected chi connectivity index (χ4v) is 3.61. The lowest BCUT2D eigenvalue weighted by Gasteiger charge is -2.08.